The lowest BCUT2D eigenvalue weighted by molar-refractivity contribution is 0.318. The zero-order valence-corrected chi connectivity index (χ0v) is 12.9. The Morgan fingerprint density at radius 2 is 1.95 bits per heavy atom. The van der Waals surface area contributed by atoms with Crippen molar-refractivity contribution in [1.29, 1.82) is 0 Å². The SMILES string of the molecule is CCCN(CCN(C)C)c1cc(C)ccc1C(N)=NO. The number of anilines is 1. The maximum Gasteiger partial charge on any atom is 0.172 e. The van der Waals surface area contributed by atoms with Crippen LogP contribution in [0.4, 0.5) is 5.69 Å². The van der Waals surface area contributed by atoms with Crippen molar-refractivity contribution in [3.63, 3.8) is 0 Å². The van der Waals surface area contributed by atoms with Crippen LogP contribution in [0, 0.1) is 6.92 Å². The van der Waals surface area contributed by atoms with Crippen molar-refractivity contribution in [3.05, 3.63) is 29.3 Å². The second-order valence-electron chi connectivity index (χ2n) is 5.30. The van der Waals surface area contributed by atoms with Gasteiger partial charge in [-0.05, 0) is 45.1 Å². The first-order chi connectivity index (χ1) is 9.49. The van der Waals surface area contributed by atoms with E-state index < -0.39 is 0 Å². The van der Waals surface area contributed by atoms with Gasteiger partial charge in [-0.25, -0.2) is 0 Å². The maximum absolute atomic E-state index is 8.95. The molecule has 0 aromatic heterocycles. The van der Waals surface area contributed by atoms with E-state index in [4.69, 9.17) is 10.9 Å². The van der Waals surface area contributed by atoms with Gasteiger partial charge < -0.3 is 20.7 Å². The number of amidine groups is 1. The molecule has 20 heavy (non-hydrogen) atoms. The summed E-state index contributed by atoms with van der Waals surface area (Å²) in [6, 6.07) is 5.99. The number of nitrogens with two attached hydrogens (primary N) is 1. The van der Waals surface area contributed by atoms with Gasteiger partial charge in [0, 0.05) is 30.9 Å². The van der Waals surface area contributed by atoms with Crippen LogP contribution in [-0.2, 0) is 0 Å². The van der Waals surface area contributed by atoms with Crippen molar-refractivity contribution in [2.45, 2.75) is 20.3 Å². The molecule has 5 nitrogen and oxygen atoms in total. The number of aryl methyl sites for hydroxylation is 1. The minimum atomic E-state index is 0.158. The van der Waals surface area contributed by atoms with Crippen molar-refractivity contribution in [2.75, 3.05) is 38.6 Å². The molecule has 5 heteroatoms. The number of nitrogens with zero attached hydrogens (tertiary/aromatic N) is 3. The number of rotatable bonds is 7. The largest absolute Gasteiger partial charge is 0.409 e. The molecule has 0 atom stereocenters. The van der Waals surface area contributed by atoms with Gasteiger partial charge in [-0.1, -0.05) is 18.1 Å². The van der Waals surface area contributed by atoms with Gasteiger partial charge in [0.15, 0.2) is 5.84 Å². The molecule has 3 N–H and O–H groups in total. The van der Waals surface area contributed by atoms with Gasteiger partial charge in [0.2, 0.25) is 0 Å². The zero-order valence-electron chi connectivity index (χ0n) is 12.9. The van der Waals surface area contributed by atoms with Gasteiger partial charge in [0.25, 0.3) is 0 Å². The maximum atomic E-state index is 8.95. The van der Waals surface area contributed by atoms with E-state index >= 15 is 0 Å². The normalized spacial score (nSPS) is 11.9. The molecule has 0 saturated heterocycles. The van der Waals surface area contributed by atoms with Gasteiger partial charge in [-0.3, -0.25) is 0 Å². The lowest BCUT2D eigenvalue weighted by Crippen LogP contribution is -2.34. The van der Waals surface area contributed by atoms with E-state index in [2.05, 4.69) is 49.0 Å². The Bertz CT molecular complexity index is 457. The predicted octanol–water partition coefficient (Wildman–Crippen LogP) is 1.87. The smallest absolute Gasteiger partial charge is 0.172 e. The summed E-state index contributed by atoms with van der Waals surface area (Å²) in [6.07, 6.45) is 1.05. The highest BCUT2D eigenvalue weighted by Crippen LogP contribution is 2.22. The Kier molecular flexibility index (Phi) is 6.31. The van der Waals surface area contributed by atoms with Crippen molar-refractivity contribution in [1.82, 2.24) is 4.90 Å². The minimum absolute atomic E-state index is 0.158. The summed E-state index contributed by atoms with van der Waals surface area (Å²) >= 11 is 0. The lowest BCUT2D eigenvalue weighted by Gasteiger charge is -2.28. The molecule has 1 rings (SSSR count). The predicted molar refractivity (Wildman–Crippen MR) is 84.7 cm³/mol. The van der Waals surface area contributed by atoms with Gasteiger partial charge >= 0.3 is 0 Å². The fourth-order valence-corrected chi connectivity index (χ4v) is 2.12. The molecular formula is C15H26N4O. The Labute approximate surface area is 121 Å². The Balaban J connectivity index is 3.13. The third kappa shape index (κ3) is 4.42. The first-order valence-corrected chi connectivity index (χ1v) is 6.97. The Morgan fingerprint density at radius 3 is 2.50 bits per heavy atom. The molecule has 112 valence electrons. The first-order valence-electron chi connectivity index (χ1n) is 6.97. The van der Waals surface area contributed by atoms with Crippen LogP contribution in [0.2, 0.25) is 0 Å². The van der Waals surface area contributed by atoms with E-state index in [0.29, 0.717) is 0 Å². The number of benzene rings is 1. The third-order valence-corrected chi connectivity index (χ3v) is 3.19. The van der Waals surface area contributed by atoms with Crippen LogP contribution in [0.5, 0.6) is 0 Å². The van der Waals surface area contributed by atoms with Crippen LogP contribution in [0.25, 0.3) is 0 Å². The Morgan fingerprint density at radius 1 is 1.25 bits per heavy atom. The van der Waals surface area contributed by atoms with Crippen LogP contribution in [0.1, 0.15) is 24.5 Å². The van der Waals surface area contributed by atoms with Crippen LogP contribution in [-0.4, -0.2) is 49.7 Å². The van der Waals surface area contributed by atoms with Crippen molar-refractivity contribution < 1.29 is 5.21 Å². The van der Waals surface area contributed by atoms with Gasteiger partial charge in [-0.2, -0.15) is 0 Å². The second-order valence-corrected chi connectivity index (χ2v) is 5.30. The molecule has 0 aliphatic carbocycles. The summed E-state index contributed by atoms with van der Waals surface area (Å²) in [5.41, 5.74) is 8.78. The van der Waals surface area contributed by atoms with Crippen molar-refractivity contribution >= 4 is 11.5 Å². The van der Waals surface area contributed by atoms with Crippen LogP contribution in [0.3, 0.4) is 0 Å². The van der Waals surface area contributed by atoms with Crippen LogP contribution >= 0.6 is 0 Å². The highest BCUT2D eigenvalue weighted by atomic mass is 16.4. The molecule has 0 bridgehead atoms. The molecule has 0 unspecified atom stereocenters. The van der Waals surface area contributed by atoms with E-state index in [1.54, 1.807) is 0 Å². The molecule has 0 aliphatic heterocycles. The van der Waals surface area contributed by atoms with Crippen molar-refractivity contribution in [2.24, 2.45) is 10.9 Å². The van der Waals surface area contributed by atoms with E-state index in [0.717, 1.165) is 37.3 Å². The number of hydrogen-bond acceptors (Lipinski definition) is 4. The first kappa shape index (κ1) is 16.3. The fraction of sp³-hybridized carbons (Fsp3) is 0.533. The van der Waals surface area contributed by atoms with Gasteiger partial charge in [-0.15, -0.1) is 0 Å². The van der Waals surface area contributed by atoms with E-state index in [-0.39, 0.29) is 5.84 Å². The van der Waals surface area contributed by atoms with Gasteiger partial charge in [0.05, 0.1) is 0 Å². The highest BCUT2D eigenvalue weighted by molar-refractivity contribution is 6.02. The molecule has 0 heterocycles. The number of likely N-dealkylation sites (N-methyl/N-ethyl adjacent to an activating group) is 1. The quantitative estimate of drug-likeness (QED) is 0.346. The van der Waals surface area contributed by atoms with Crippen LogP contribution in [0.15, 0.2) is 23.4 Å². The molecule has 0 amide bonds. The zero-order chi connectivity index (χ0) is 15.1. The average molecular weight is 278 g/mol. The third-order valence-electron chi connectivity index (χ3n) is 3.19. The summed E-state index contributed by atoms with van der Waals surface area (Å²) in [4.78, 5) is 4.45. The van der Waals surface area contributed by atoms with Crippen molar-refractivity contribution in [3.8, 4) is 0 Å². The standard InChI is InChI=1S/C15H26N4O/c1-5-8-19(10-9-18(3)4)14-11-12(2)6-7-13(14)15(16)17-20/h6-7,11,20H,5,8-10H2,1-4H3,(H2,16,17). The average Bonchev–Trinajstić information content (AvgIpc) is 2.42. The molecule has 1 aromatic rings. The summed E-state index contributed by atoms with van der Waals surface area (Å²) in [7, 11) is 4.12. The van der Waals surface area contributed by atoms with E-state index in [9.17, 15) is 0 Å². The highest BCUT2D eigenvalue weighted by Gasteiger charge is 2.14. The van der Waals surface area contributed by atoms with E-state index in [1.165, 1.54) is 5.56 Å². The van der Waals surface area contributed by atoms with E-state index in [1.807, 2.05) is 12.1 Å². The summed E-state index contributed by atoms with van der Waals surface area (Å²) < 4.78 is 0. The minimum Gasteiger partial charge on any atom is -0.409 e. The second kappa shape index (κ2) is 7.75. The molecule has 0 saturated carbocycles. The monoisotopic (exact) mass is 278 g/mol. The molecule has 0 spiro atoms. The molecule has 1 aromatic carbocycles. The summed E-state index contributed by atoms with van der Waals surface area (Å²) in [6.45, 7) is 7.03. The summed E-state index contributed by atoms with van der Waals surface area (Å²) in [5.74, 6) is 0.158. The molecule has 0 radical (unpaired) electrons. The molecule has 0 fully saturated rings. The molecular weight excluding hydrogens is 252 g/mol. The molecule has 0 aliphatic rings. The summed E-state index contributed by atoms with van der Waals surface area (Å²) in [5, 5.41) is 12.1. The Hall–Kier alpha value is -1.75. The lowest BCUT2D eigenvalue weighted by atomic mass is 10.1. The number of hydrogen-bond donors (Lipinski definition) is 2. The number of oxime groups is 1. The topological polar surface area (TPSA) is 65.1 Å². The van der Waals surface area contributed by atoms with Gasteiger partial charge in [0.1, 0.15) is 0 Å². The van der Waals surface area contributed by atoms with Crippen LogP contribution < -0.4 is 10.6 Å². The fourth-order valence-electron chi connectivity index (χ4n) is 2.12.